The number of H-pyrrole nitrogens is 1. The van der Waals surface area contributed by atoms with Crippen LogP contribution in [-0.4, -0.2) is 15.7 Å². The number of aryl methyl sites for hydroxylation is 3. The minimum atomic E-state index is 0.830. The van der Waals surface area contributed by atoms with E-state index in [9.17, 15) is 0 Å². The molecule has 0 radical (unpaired) electrons. The summed E-state index contributed by atoms with van der Waals surface area (Å²) in [6, 6.07) is 6.82. The van der Waals surface area contributed by atoms with Gasteiger partial charge in [-0.05, 0) is 54.2 Å². The monoisotopic (exact) mass is 258 g/mol. The number of fused-ring (bicyclic) bond motifs is 1. The van der Waals surface area contributed by atoms with Gasteiger partial charge in [0, 0.05) is 6.42 Å². The largest absolute Gasteiger partial charge is 0.342 e. The average Bonchev–Trinajstić information content (AvgIpc) is 2.87. The fourth-order valence-corrected chi connectivity index (χ4v) is 2.85. The second-order valence-electron chi connectivity index (χ2n) is 4.91. The first kappa shape index (κ1) is 11.8. The summed E-state index contributed by atoms with van der Waals surface area (Å²) in [7, 11) is 0. The second kappa shape index (κ2) is 5.19. The highest BCUT2D eigenvalue weighted by Crippen LogP contribution is 2.26. The number of hydrogen-bond acceptors (Lipinski definition) is 2. The summed E-state index contributed by atoms with van der Waals surface area (Å²) in [6.07, 6.45) is 7.95. The molecule has 0 atom stereocenters. The number of aromatic nitrogens is 2. The first-order valence-corrected chi connectivity index (χ1v) is 7.27. The van der Waals surface area contributed by atoms with E-state index in [1.165, 1.54) is 42.4 Å². The van der Waals surface area contributed by atoms with Gasteiger partial charge in [0.1, 0.15) is 5.82 Å². The van der Waals surface area contributed by atoms with Crippen molar-refractivity contribution in [1.29, 1.82) is 0 Å². The Balaban J connectivity index is 1.91. The molecule has 0 unspecified atom stereocenters. The van der Waals surface area contributed by atoms with Gasteiger partial charge in [-0.15, -0.1) is 0 Å². The summed E-state index contributed by atoms with van der Waals surface area (Å²) >= 11 is 4.23. The van der Waals surface area contributed by atoms with Gasteiger partial charge in [0.15, 0.2) is 0 Å². The lowest BCUT2D eigenvalue weighted by atomic mass is 9.90. The van der Waals surface area contributed by atoms with Crippen molar-refractivity contribution in [2.45, 2.75) is 32.1 Å². The number of nitrogens with one attached hydrogen (secondary N) is 1. The van der Waals surface area contributed by atoms with Crippen LogP contribution in [0.5, 0.6) is 0 Å². The fourth-order valence-electron chi connectivity index (χ4n) is 2.64. The molecule has 1 aliphatic rings. The molecule has 0 amide bonds. The number of thiol groups is 1. The highest BCUT2D eigenvalue weighted by Gasteiger charge is 2.11. The molecule has 3 rings (SSSR count). The molecule has 0 fully saturated rings. The van der Waals surface area contributed by atoms with Crippen LogP contribution in [0.2, 0.25) is 0 Å². The maximum Gasteiger partial charge on any atom is 0.107 e. The Morgan fingerprint density at radius 1 is 1.17 bits per heavy atom. The SMILES string of the molecule is SCCc1ncc(-c2ccc3c(c2)CCCC3)[nH]1. The van der Waals surface area contributed by atoms with Gasteiger partial charge < -0.3 is 4.98 Å². The lowest BCUT2D eigenvalue weighted by Gasteiger charge is -2.16. The fraction of sp³-hybridized carbons (Fsp3) is 0.400. The van der Waals surface area contributed by atoms with Crippen molar-refractivity contribution in [2.24, 2.45) is 0 Å². The van der Waals surface area contributed by atoms with Crippen molar-refractivity contribution < 1.29 is 0 Å². The third kappa shape index (κ3) is 2.32. The molecule has 2 nitrogen and oxygen atoms in total. The van der Waals surface area contributed by atoms with Crippen molar-refractivity contribution in [3.63, 3.8) is 0 Å². The minimum absolute atomic E-state index is 0.830. The molecule has 1 aromatic heterocycles. The predicted molar refractivity (Wildman–Crippen MR) is 78.2 cm³/mol. The molecule has 94 valence electrons. The number of hydrogen-bond donors (Lipinski definition) is 2. The second-order valence-corrected chi connectivity index (χ2v) is 5.35. The van der Waals surface area contributed by atoms with Crippen LogP contribution in [0.25, 0.3) is 11.3 Å². The summed E-state index contributed by atoms with van der Waals surface area (Å²) in [4.78, 5) is 7.77. The molecule has 1 aromatic carbocycles. The van der Waals surface area contributed by atoms with E-state index in [0.29, 0.717) is 0 Å². The molecule has 0 spiro atoms. The maximum atomic E-state index is 4.39. The Morgan fingerprint density at radius 3 is 2.83 bits per heavy atom. The third-order valence-corrected chi connectivity index (χ3v) is 3.86. The summed E-state index contributed by atoms with van der Waals surface area (Å²) < 4.78 is 0. The van der Waals surface area contributed by atoms with E-state index in [2.05, 4.69) is 40.8 Å². The van der Waals surface area contributed by atoms with Crippen LogP contribution < -0.4 is 0 Å². The first-order chi connectivity index (χ1) is 8.86. The number of nitrogens with zero attached hydrogens (tertiary/aromatic N) is 1. The number of aromatic amines is 1. The molecule has 0 aliphatic heterocycles. The molecule has 0 saturated heterocycles. The van der Waals surface area contributed by atoms with E-state index in [1.807, 2.05) is 6.20 Å². The third-order valence-electron chi connectivity index (χ3n) is 3.64. The summed E-state index contributed by atoms with van der Waals surface area (Å²) in [6.45, 7) is 0. The molecule has 18 heavy (non-hydrogen) atoms. The average molecular weight is 258 g/mol. The Bertz CT molecular complexity index is 545. The zero-order valence-corrected chi connectivity index (χ0v) is 11.3. The number of imidazole rings is 1. The molecule has 1 heterocycles. The van der Waals surface area contributed by atoms with Crippen molar-refractivity contribution in [3.05, 3.63) is 41.3 Å². The van der Waals surface area contributed by atoms with E-state index in [4.69, 9.17) is 0 Å². The summed E-state index contributed by atoms with van der Waals surface area (Å²) in [5.74, 6) is 1.86. The Hall–Kier alpha value is -1.22. The molecule has 1 aliphatic carbocycles. The van der Waals surface area contributed by atoms with E-state index >= 15 is 0 Å². The summed E-state index contributed by atoms with van der Waals surface area (Å²) in [5, 5.41) is 0. The lowest BCUT2D eigenvalue weighted by molar-refractivity contribution is 0.686. The van der Waals surface area contributed by atoms with Crippen LogP contribution in [0.3, 0.4) is 0 Å². The number of benzene rings is 1. The Kier molecular flexibility index (Phi) is 3.41. The van der Waals surface area contributed by atoms with Gasteiger partial charge in [0.25, 0.3) is 0 Å². The maximum absolute atomic E-state index is 4.39. The van der Waals surface area contributed by atoms with E-state index in [0.717, 1.165) is 23.7 Å². The van der Waals surface area contributed by atoms with E-state index in [1.54, 1.807) is 0 Å². The van der Waals surface area contributed by atoms with Crippen molar-refractivity contribution >= 4 is 12.6 Å². The lowest BCUT2D eigenvalue weighted by Crippen LogP contribution is -2.02. The number of rotatable bonds is 3. The van der Waals surface area contributed by atoms with Gasteiger partial charge in [0.2, 0.25) is 0 Å². The predicted octanol–water partition coefficient (Wildman–Crippen LogP) is 3.43. The van der Waals surface area contributed by atoms with Gasteiger partial charge >= 0.3 is 0 Å². The molecule has 0 bridgehead atoms. The zero-order chi connectivity index (χ0) is 12.4. The van der Waals surface area contributed by atoms with Crippen LogP contribution in [0.4, 0.5) is 0 Å². The quantitative estimate of drug-likeness (QED) is 0.811. The van der Waals surface area contributed by atoms with Gasteiger partial charge in [-0.2, -0.15) is 12.6 Å². The van der Waals surface area contributed by atoms with Crippen LogP contribution in [-0.2, 0) is 19.3 Å². The topological polar surface area (TPSA) is 28.7 Å². The van der Waals surface area contributed by atoms with Crippen molar-refractivity contribution in [1.82, 2.24) is 9.97 Å². The van der Waals surface area contributed by atoms with Crippen LogP contribution in [0.1, 0.15) is 29.8 Å². The molecule has 1 N–H and O–H groups in total. The highest BCUT2D eigenvalue weighted by molar-refractivity contribution is 7.80. The molecular weight excluding hydrogens is 240 g/mol. The molecule has 0 saturated carbocycles. The van der Waals surface area contributed by atoms with Crippen LogP contribution in [0, 0.1) is 0 Å². The van der Waals surface area contributed by atoms with Crippen LogP contribution in [0.15, 0.2) is 24.4 Å². The van der Waals surface area contributed by atoms with Crippen molar-refractivity contribution in [3.8, 4) is 11.3 Å². The van der Waals surface area contributed by atoms with Gasteiger partial charge in [0.05, 0.1) is 11.9 Å². The Labute approximate surface area is 113 Å². The molecular formula is C15H18N2S. The van der Waals surface area contributed by atoms with Gasteiger partial charge in [-0.25, -0.2) is 4.98 Å². The van der Waals surface area contributed by atoms with Crippen LogP contribution >= 0.6 is 12.6 Å². The normalized spacial score (nSPS) is 14.5. The van der Waals surface area contributed by atoms with Gasteiger partial charge in [-0.3, -0.25) is 0 Å². The minimum Gasteiger partial charge on any atom is -0.342 e. The van der Waals surface area contributed by atoms with Crippen molar-refractivity contribution in [2.75, 3.05) is 5.75 Å². The highest BCUT2D eigenvalue weighted by atomic mass is 32.1. The Morgan fingerprint density at radius 2 is 2.00 bits per heavy atom. The smallest absolute Gasteiger partial charge is 0.107 e. The first-order valence-electron chi connectivity index (χ1n) is 6.64. The molecule has 3 heteroatoms. The van der Waals surface area contributed by atoms with E-state index in [-0.39, 0.29) is 0 Å². The van der Waals surface area contributed by atoms with E-state index < -0.39 is 0 Å². The molecule has 2 aromatic rings. The van der Waals surface area contributed by atoms with Gasteiger partial charge in [-0.1, -0.05) is 12.1 Å². The standard InChI is InChI=1S/C15H18N2S/c18-8-7-15-16-10-14(17-15)13-6-5-11-3-1-2-4-12(11)9-13/h5-6,9-10,18H,1-4,7-8H2,(H,16,17). The summed E-state index contributed by atoms with van der Waals surface area (Å²) in [5.41, 5.74) is 5.43. The zero-order valence-electron chi connectivity index (χ0n) is 10.4.